The number of hydrogen-bond acceptors (Lipinski definition) is 4. The lowest BCUT2D eigenvalue weighted by Gasteiger charge is -2.32. The summed E-state index contributed by atoms with van der Waals surface area (Å²) in [6.45, 7) is 7.61. The molecule has 3 rings (SSSR count). The number of nitrogens with one attached hydrogen (secondary N) is 1. The van der Waals surface area contributed by atoms with Crippen molar-refractivity contribution in [2.75, 3.05) is 13.1 Å². The second-order valence-corrected chi connectivity index (χ2v) is 9.32. The van der Waals surface area contributed by atoms with E-state index in [-0.39, 0.29) is 17.9 Å². The number of likely N-dealkylation sites (tertiary alicyclic amines) is 1. The molecule has 0 spiro atoms. The van der Waals surface area contributed by atoms with Gasteiger partial charge in [-0.1, -0.05) is 44.2 Å². The molecular weight excluding hydrogens is 382 g/mol. The SMILES string of the molecule is Cc1nc(CC(C)C)sc1C(=O)N1CCC(NC(=O)CCc2ccccc2)CC1. The predicted molar refractivity (Wildman–Crippen MR) is 117 cm³/mol. The smallest absolute Gasteiger partial charge is 0.265 e. The average Bonchev–Trinajstić information content (AvgIpc) is 3.06. The van der Waals surface area contributed by atoms with Crippen LogP contribution in [0.5, 0.6) is 0 Å². The minimum Gasteiger partial charge on any atom is -0.353 e. The summed E-state index contributed by atoms with van der Waals surface area (Å²) in [5, 5.41) is 4.18. The summed E-state index contributed by atoms with van der Waals surface area (Å²) >= 11 is 1.53. The van der Waals surface area contributed by atoms with Crippen LogP contribution in [0.4, 0.5) is 0 Å². The lowest BCUT2D eigenvalue weighted by atomic mass is 10.0. The van der Waals surface area contributed by atoms with Gasteiger partial charge in [-0.3, -0.25) is 9.59 Å². The van der Waals surface area contributed by atoms with Gasteiger partial charge in [-0.25, -0.2) is 4.98 Å². The number of amides is 2. The first-order chi connectivity index (χ1) is 13.9. The van der Waals surface area contributed by atoms with E-state index in [1.807, 2.05) is 42.2 Å². The molecule has 2 amide bonds. The Morgan fingerprint density at radius 2 is 1.90 bits per heavy atom. The number of hydrogen-bond donors (Lipinski definition) is 1. The quantitative estimate of drug-likeness (QED) is 0.746. The number of aryl methyl sites for hydroxylation is 2. The van der Waals surface area contributed by atoms with Crippen LogP contribution in [0, 0.1) is 12.8 Å². The third-order valence-corrected chi connectivity index (χ3v) is 6.42. The number of aromatic nitrogens is 1. The average molecular weight is 414 g/mol. The van der Waals surface area contributed by atoms with E-state index in [1.165, 1.54) is 16.9 Å². The summed E-state index contributed by atoms with van der Waals surface area (Å²) in [5.74, 6) is 0.712. The van der Waals surface area contributed by atoms with Crippen LogP contribution in [0.15, 0.2) is 30.3 Å². The number of piperidine rings is 1. The van der Waals surface area contributed by atoms with Crippen LogP contribution < -0.4 is 5.32 Å². The third kappa shape index (κ3) is 6.13. The molecule has 1 aliphatic heterocycles. The van der Waals surface area contributed by atoms with Crippen molar-refractivity contribution < 1.29 is 9.59 Å². The van der Waals surface area contributed by atoms with E-state index < -0.39 is 0 Å². The molecule has 1 fully saturated rings. The van der Waals surface area contributed by atoms with Gasteiger partial charge >= 0.3 is 0 Å². The molecule has 6 heteroatoms. The maximum atomic E-state index is 12.9. The Kier molecular flexibility index (Phi) is 7.42. The van der Waals surface area contributed by atoms with Crippen LogP contribution >= 0.6 is 11.3 Å². The molecule has 1 aliphatic rings. The largest absolute Gasteiger partial charge is 0.353 e. The van der Waals surface area contributed by atoms with Crippen molar-refractivity contribution in [2.45, 2.75) is 58.9 Å². The first-order valence-electron chi connectivity index (χ1n) is 10.5. The molecule has 156 valence electrons. The van der Waals surface area contributed by atoms with Gasteiger partial charge in [0.1, 0.15) is 4.88 Å². The van der Waals surface area contributed by atoms with E-state index >= 15 is 0 Å². The number of carbonyl (C=O) groups excluding carboxylic acids is 2. The maximum absolute atomic E-state index is 12.9. The molecule has 2 aromatic rings. The van der Waals surface area contributed by atoms with Gasteiger partial charge in [-0.2, -0.15) is 0 Å². The van der Waals surface area contributed by atoms with Crippen LogP contribution in [-0.4, -0.2) is 40.8 Å². The van der Waals surface area contributed by atoms with Crippen molar-refractivity contribution in [3.8, 4) is 0 Å². The van der Waals surface area contributed by atoms with E-state index in [9.17, 15) is 9.59 Å². The van der Waals surface area contributed by atoms with Crippen molar-refractivity contribution in [1.82, 2.24) is 15.2 Å². The second-order valence-electron chi connectivity index (χ2n) is 8.24. The highest BCUT2D eigenvalue weighted by Gasteiger charge is 2.27. The van der Waals surface area contributed by atoms with Crippen molar-refractivity contribution >= 4 is 23.2 Å². The van der Waals surface area contributed by atoms with Crippen molar-refractivity contribution in [1.29, 1.82) is 0 Å². The molecule has 0 aliphatic carbocycles. The molecule has 1 aromatic carbocycles. The number of rotatable bonds is 7. The Morgan fingerprint density at radius 1 is 1.21 bits per heavy atom. The van der Waals surface area contributed by atoms with E-state index in [4.69, 9.17) is 0 Å². The monoisotopic (exact) mass is 413 g/mol. The lowest BCUT2D eigenvalue weighted by Crippen LogP contribution is -2.46. The van der Waals surface area contributed by atoms with Crippen LogP contribution in [0.1, 0.15) is 59.0 Å². The van der Waals surface area contributed by atoms with Crippen LogP contribution in [0.2, 0.25) is 0 Å². The first kappa shape index (κ1) is 21.5. The van der Waals surface area contributed by atoms with Crippen molar-refractivity contribution in [2.24, 2.45) is 5.92 Å². The minimum absolute atomic E-state index is 0.0869. The maximum Gasteiger partial charge on any atom is 0.265 e. The highest BCUT2D eigenvalue weighted by atomic mass is 32.1. The summed E-state index contributed by atoms with van der Waals surface area (Å²) in [4.78, 5) is 32.4. The van der Waals surface area contributed by atoms with E-state index in [0.29, 0.717) is 25.4 Å². The molecule has 0 unspecified atom stereocenters. The Balaban J connectivity index is 1.45. The molecule has 0 bridgehead atoms. The molecule has 0 saturated carbocycles. The Morgan fingerprint density at radius 3 is 2.55 bits per heavy atom. The molecule has 1 aromatic heterocycles. The zero-order chi connectivity index (χ0) is 20.8. The summed E-state index contributed by atoms with van der Waals surface area (Å²) in [5.41, 5.74) is 2.02. The fraction of sp³-hybridized carbons (Fsp3) is 0.522. The molecule has 29 heavy (non-hydrogen) atoms. The topological polar surface area (TPSA) is 62.3 Å². The van der Waals surface area contributed by atoms with E-state index in [1.54, 1.807) is 0 Å². The highest BCUT2D eigenvalue weighted by Crippen LogP contribution is 2.24. The van der Waals surface area contributed by atoms with Gasteiger partial charge in [0.15, 0.2) is 0 Å². The van der Waals surface area contributed by atoms with E-state index in [0.717, 1.165) is 41.3 Å². The lowest BCUT2D eigenvalue weighted by molar-refractivity contribution is -0.122. The van der Waals surface area contributed by atoms with E-state index in [2.05, 4.69) is 24.1 Å². The standard InChI is InChI=1S/C23H31N3O2S/c1-16(2)15-21-24-17(3)22(29-21)23(28)26-13-11-19(12-14-26)25-20(27)10-9-18-7-5-4-6-8-18/h4-8,16,19H,9-15H2,1-3H3,(H,25,27). The number of nitrogens with zero attached hydrogens (tertiary/aromatic N) is 2. The van der Waals surface area contributed by atoms with Gasteiger partial charge in [0.25, 0.3) is 5.91 Å². The number of carbonyl (C=O) groups is 2. The number of benzene rings is 1. The normalized spacial score (nSPS) is 15.0. The molecule has 1 N–H and O–H groups in total. The van der Waals surface area contributed by atoms with Gasteiger partial charge < -0.3 is 10.2 Å². The van der Waals surface area contributed by atoms with Gasteiger partial charge in [-0.05, 0) is 37.7 Å². The molecule has 0 radical (unpaired) electrons. The summed E-state index contributed by atoms with van der Waals surface area (Å²) in [7, 11) is 0. The minimum atomic E-state index is 0.0869. The van der Waals surface area contributed by atoms with Crippen molar-refractivity contribution in [3.05, 3.63) is 51.5 Å². The predicted octanol–water partition coefficient (Wildman–Crippen LogP) is 4.00. The fourth-order valence-corrected chi connectivity index (χ4v) is 4.90. The van der Waals surface area contributed by atoms with Gasteiger partial charge in [0.05, 0.1) is 10.7 Å². The molecule has 5 nitrogen and oxygen atoms in total. The highest BCUT2D eigenvalue weighted by molar-refractivity contribution is 7.13. The Labute approximate surface area is 177 Å². The molecule has 2 heterocycles. The number of thiazole rings is 1. The van der Waals surface area contributed by atoms with Crippen LogP contribution in [0.3, 0.4) is 0 Å². The van der Waals surface area contributed by atoms with Gasteiger partial charge in [-0.15, -0.1) is 11.3 Å². The summed E-state index contributed by atoms with van der Waals surface area (Å²) < 4.78 is 0. The van der Waals surface area contributed by atoms with Crippen molar-refractivity contribution in [3.63, 3.8) is 0 Å². The van der Waals surface area contributed by atoms with Crippen LogP contribution in [-0.2, 0) is 17.6 Å². The first-order valence-corrected chi connectivity index (χ1v) is 11.3. The van der Waals surface area contributed by atoms with Gasteiger partial charge in [0.2, 0.25) is 5.91 Å². The molecule has 1 saturated heterocycles. The third-order valence-electron chi connectivity index (χ3n) is 5.25. The second kappa shape index (κ2) is 10.0. The molecular formula is C23H31N3O2S. The zero-order valence-corrected chi connectivity index (χ0v) is 18.4. The Hall–Kier alpha value is -2.21. The zero-order valence-electron chi connectivity index (χ0n) is 17.6. The fourth-order valence-electron chi connectivity index (χ4n) is 3.66. The Bertz CT molecular complexity index is 824. The molecule has 0 atom stereocenters. The summed E-state index contributed by atoms with van der Waals surface area (Å²) in [6.07, 6.45) is 3.78. The van der Waals surface area contributed by atoms with Gasteiger partial charge in [0, 0.05) is 32.0 Å². The summed E-state index contributed by atoms with van der Waals surface area (Å²) in [6, 6.07) is 10.2. The van der Waals surface area contributed by atoms with Crippen LogP contribution in [0.25, 0.3) is 0 Å².